The molecule has 3 atom stereocenters. The number of pyridine rings is 1. The maximum atomic E-state index is 14.1. The summed E-state index contributed by atoms with van der Waals surface area (Å²) in [4.78, 5) is 16.2. The summed E-state index contributed by atoms with van der Waals surface area (Å²) >= 11 is 3.03. The van der Waals surface area contributed by atoms with Gasteiger partial charge in [-0.15, -0.1) is 0 Å². The highest BCUT2D eigenvalue weighted by molar-refractivity contribution is 9.10. The van der Waals surface area contributed by atoms with Crippen molar-refractivity contribution in [3.8, 4) is 5.88 Å². The summed E-state index contributed by atoms with van der Waals surface area (Å²) < 4.78 is 50.5. The van der Waals surface area contributed by atoms with Gasteiger partial charge in [0.15, 0.2) is 0 Å². The van der Waals surface area contributed by atoms with Crippen LogP contribution >= 0.6 is 15.9 Å². The lowest BCUT2D eigenvalue weighted by Gasteiger charge is -2.12. The molecule has 4 rings (SSSR count). The standard InChI is InChI=1S/C20H17BrF3NO3/c1-2-27-20(26)18-12-3-9-5-16(25-7-13(9)17(12)18)28-8-10-4-14(21)11(19(23)24)6-15(10)22/h4-7,12,17-19H,2-3,8H2,1H3. The Kier molecular flexibility index (Phi) is 5.07. The number of fused-ring (bicyclic) bond motifs is 3. The summed E-state index contributed by atoms with van der Waals surface area (Å²) in [5.41, 5.74) is 1.86. The molecule has 2 aliphatic rings. The molecule has 2 aliphatic carbocycles. The highest BCUT2D eigenvalue weighted by Gasteiger charge is 2.60. The lowest BCUT2D eigenvalue weighted by Crippen LogP contribution is -2.11. The molecule has 2 aromatic rings. The van der Waals surface area contributed by atoms with E-state index in [1.54, 1.807) is 19.2 Å². The molecule has 28 heavy (non-hydrogen) atoms. The fourth-order valence-corrected chi connectivity index (χ4v) is 4.50. The van der Waals surface area contributed by atoms with E-state index in [1.165, 1.54) is 6.07 Å². The molecule has 1 fully saturated rings. The van der Waals surface area contributed by atoms with E-state index in [-0.39, 0.29) is 40.4 Å². The second-order valence-corrected chi connectivity index (χ2v) is 7.80. The van der Waals surface area contributed by atoms with Crippen LogP contribution in [0, 0.1) is 17.7 Å². The molecule has 1 saturated carbocycles. The van der Waals surface area contributed by atoms with Crippen LogP contribution < -0.4 is 4.74 Å². The fourth-order valence-electron chi connectivity index (χ4n) is 3.94. The maximum Gasteiger partial charge on any atom is 0.309 e. The van der Waals surface area contributed by atoms with Crippen molar-refractivity contribution in [3.05, 3.63) is 56.9 Å². The van der Waals surface area contributed by atoms with Gasteiger partial charge in [-0.2, -0.15) is 0 Å². The van der Waals surface area contributed by atoms with Gasteiger partial charge >= 0.3 is 5.97 Å². The largest absolute Gasteiger partial charge is 0.473 e. The van der Waals surface area contributed by atoms with Gasteiger partial charge in [-0.25, -0.2) is 18.2 Å². The molecule has 1 heterocycles. The molecule has 0 N–H and O–H groups in total. The Morgan fingerprint density at radius 3 is 2.86 bits per heavy atom. The summed E-state index contributed by atoms with van der Waals surface area (Å²) in [7, 11) is 0. The number of hydrogen-bond acceptors (Lipinski definition) is 4. The molecule has 1 aromatic heterocycles. The van der Waals surface area contributed by atoms with Crippen LogP contribution in [0.4, 0.5) is 13.2 Å². The van der Waals surface area contributed by atoms with E-state index >= 15 is 0 Å². The predicted molar refractivity (Wildman–Crippen MR) is 97.7 cm³/mol. The van der Waals surface area contributed by atoms with E-state index in [4.69, 9.17) is 9.47 Å². The van der Waals surface area contributed by atoms with E-state index in [1.807, 2.05) is 0 Å². The zero-order valence-corrected chi connectivity index (χ0v) is 16.5. The SMILES string of the molecule is CCOC(=O)C1C2Cc3cc(OCc4cc(Br)c(C(F)F)cc4F)ncc3C21. The van der Waals surface area contributed by atoms with E-state index in [0.29, 0.717) is 12.5 Å². The number of alkyl halides is 2. The molecule has 4 nitrogen and oxygen atoms in total. The molecular formula is C20H17BrF3NO3. The molecule has 8 heteroatoms. The van der Waals surface area contributed by atoms with Crippen molar-refractivity contribution < 1.29 is 27.4 Å². The monoisotopic (exact) mass is 455 g/mol. The zero-order valence-electron chi connectivity index (χ0n) is 14.9. The number of nitrogens with zero attached hydrogens (tertiary/aromatic N) is 1. The van der Waals surface area contributed by atoms with Crippen LogP contribution in [0.1, 0.15) is 41.5 Å². The van der Waals surface area contributed by atoms with E-state index in [9.17, 15) is 18.0 Å². The van der Waals surface area contributed by atoms with E-state index in [2.05, 4.69) is 20.9 Å². The number of carbonyl (C=O) groups excluding carboxylic acids is 1. The number of halogens is 4. The third kappa shape index (κ3) is 3.38. The van der Waals surface area contributed by atoms with Crippen LogP contribution in [0.25, 0.3) is 0 Å². The lowest BCUT2D eigenvalue weighted by molar-refractivity contribution is -0.145. The first-order valence-electron chi connectivity index (χ1n) is 8.95. The first-order chi connectivity index (χ1) is 13.4. The number of rotatable bonds is 6. The van der Waals surface area contributed by atoms with Gasteiger partial charge in [-0.3, -0.25) is 4.79 Å². The molecule has 0 bridgehead atoms. The molecule has 1 aromatic carbocycles. The number of hydrogen-bond donors (Lipinski definition) is 0. The molecule has 148 valence electrons. The Morgan fingerprint density at radius 1 is 1.36 bits per heavy atom. The van der Waals surface area contributed by atoms with Crippen molar-refractivity contribution in [2.45, 2.75) is 32.3 Å². The van der Waals surface area contributed by atoms with Crippen LogP contribution in [-0.2, 0) is 22.6 Å². The van der Waals surface area contributed by atoms with Crippen LogP contribution in [-0.4, -0.2) is 17.6 Å². The second-order valence-electron chi connectivity index (χ2n) is 6.95. The number of esters is 1. The average Bonchev–Trinajstić information content (AvgIpc) is 3.24. The number of carbonyl (C=O) groups is 1. The Bertz CT molecular complexity index is 937. The van der Waals surface area contributed by atoms with Gasteiger partial charge in [-0.05, 0) is 42.5 Å². The topological polar surface area (TPSA) is 48.4 Å². The summed E-state index contributed by atoms with van der Waals surface area (Å²) in [6, 6.07) is 3.90. The third-order valence-electron chi connectivity index (χ3n) is 5.32. The molecule has 0 radical (unpaired) electrons. The number of ether oxygens (including phenoxy) is 2. The van der Waals surface area contributed by atoms with Gasteiger partial charge < -0.3 is 9.47 Å². The minimum Gasteiger partial charge on any atom is -0.473 e. The highest BCUT2D eigenvalue weighted by atomic mass is 79.9. The summed E-state index contributed by atoms with van der Waals surface area (Å²) in [6.07, 6.45) is -0.311. The highest BCUT2D eigenvalue weighted by Crippen LogP contribution is 2.61. The Labute approximate surface area is 168 Å². The first-order valence-corrected chi connectivity index (χ1v) is 9.74. The summed E-state index contributed by atoms with van der Waals surface area (Å²) in [5.74, 6) is -0.246. The van der Waals surface area contributed by atoms with Crippen molar-refractivity contribution in [2.24, 2.45) is 11.8 Å². The minimum atomic E-state index is -2.76. The third-order valence-corrected chi connectivity index (χ3v) is 6.00. The first kappa shape index (κ1) is 19.2. The van der Waals surface area contributed by atoms with E-state index in [0.717, 1.165) is 23.6 Å². The Hall–Kier alpha value is -2.09. The van der Waals surface area contributed by atoms with Gasteiger partial charge in [0.2, 0.25) is 5.88 Å². The Balaban J connectivity index is 1.43. The van der Waals surface area contributed by atoms with Crippen LogP contribution in [0.2, 0.25) is 0 Å². The normalized spacial score (nSPS) is 22.0. The quantitative estimate of drug-likeness (QED) is 0.578. The molecule has 0 spiro atoms. The number of benzene rings is 1. The van der Waals surface area contributed by atoms with E-state index < -0.39 is 17.8 Å². The van der Waals surface area contributed by atoms with Gasteiger partial charge in [0.1, 0.15) is 12.4 Å². The fraction of sp³-hybridized carbons (Fsp3) is 0.400. The molecule has 0 amide bonds. The molecule has 0 saturated heterocycles. The smallest absolute Gasteiger partial charge is 0.309 e. The Morgan fingerprint density at radius 2 is 2.14 bits per heavy atom. The average molecular weight is 456 g/mol. The van der Waals surface area contributed by atoms with Gasteiger partial charge in [0, 0.05) is 33.8 Å². The zero-order chi connectivity index (χ0) is 20.0. The van der Waals surface area contributed by atoms with Crippen molar-refractivity contribution in [3.63, 3.8) is 0 Å². The van der Waals surface area contributed by atoms with Crippen LogP contribution in [0.3, 0.4) is 0 Å². The van der Waals surface area contributed by atoms with Gasteiger partial charge in [0.05, 0.1) is 12.5 Å². The summed E-state index contributed by atoms with van der Waals surface area (Å²) in [6.45, 7) is 2.03. The minimum absolute atomic E-state index is 0.0826. The second kappa shape index (κ2) is 7.39. The lowest BCUT2D eigenvalue weighted by atomic mass is 10.0. The van der Waals surface area contributed by atoms with Crippen molar-refractivity contribution >= 4 is 21.9 Å². The molecule has 3 unspecified atom stereocenters. The van der Waals surface area contributed by atoms with Crippen LogP contribution in [0.5, 0.6) is 5.88 Å². The summed E-state index contributed by atoms with van der Waals surface area (Å²) in [5, 5.41) is 0. The molecular weight excluding hydrogens is 439 g/mol. The van der Waals surface area contributed by atoms with Gasteiger partial charge in [0.25, 0.3) is 6.43 Å². The molecule has 0 aliphatic heterocycles. The van der Waals surface area contributed by atoms with Crippen molar-refractivity contribution in [2.75, 3.05) is 6.61 Å². The maximum absolute atomic E-state index is 14.1. The predicted octanol–water partition coefficient (Wildman–Crippen LogP) is 4.95. The number of aromatic nitrogens is 1. The van der Waals surface area contributed by atoms with Crippen molar-refractivity contribution in [1.82, 2.24) is 4.98 Å². The van der Waals surface area contributed by atoms with Gasteiger partial charge in [-0.1, -0.05) is 15.9 Å². The van der Waals surface area contributed by atoms with Crippen molar-refractivity contribution in [1.29, 1.82) is 0 Å². The van der Waals surface area contributed by atoms with Crippen LogP contribution in [0.15, 0.2) is 28.9 Å².